The molecule has 1 aromatic heterocycles. The zero-order valence-corrected chi connectivity index (χ0v) is 19.5. The van der Waals surface area contributed by atoms with Crippen molar-refractivity contribution in [3.05, 3.63) is 65.4 Å². The summed E-state index contributed by atoms with van der Waals surface area (Å²) in [4.78, 5) is 12.0. The van der Waals surface area contributed by atoms with Crippen molar-refractivity contribution in [1.29, 1.82) is 0 Å². The average Bonchev–Trinajstić information content (AvgIpc) is 3.51. The van der Waals surface area contributed by atoms with Gasteiger partial charge in [-0.3, -0.25) is 18.9 Å². The molecule has 1 saturated carbocycles. The number of nitrogens with one attached hydrogen (secondary N) is 1. The molecule has 1 heterocycles. The van der Waals surface area contributed by atoms with Gasteiger partial charge in [-0.05, 0) is 67.5 Å². The van der Waals surface area contributed by atoms with Gasteiger partial charge in [0.05, 0.1) is 10.9 Å². The van der Waals surface area contributed by atoms with Gasteiger partial charge in [-0.25, -0.2) is 5.48 Å². The molecule has 178 valence electrons. The monoisotopic (exact) mass is 480 g/mol. The van der Waals surface area contributed by atoms with Crippen LogP contribution in [0, 0.1) is 23.2 Å². The number of hydrogen-bond acceptors (Lipinski definition) is 6. The van der Waals surface area contributed by atoms with E-state index in [0.717, 1.165) is 28.5 Å². The number of carbonyl (C=O) groups excluding carboxylic acids is 1. The molecule has 0 radical (unpaired) electrons. The van der Waals surface area contributed by atoms with Crippen LogP contribution in [0.25, 0.3) is 10.9 Å². The molecular formula is C25H26N3O5S-. The number of aliphatic hydroxyl groups excluding tert-OH is 1. The number of aromatic nitrogens is 2. The molecule has 2 aromatic carbocycles. The molecule has 4 atom stereocenters. The molecule has 0 saturated heterocycles. The highest BCUT2D eigenvalue weighted by molar-refractivity contribution is 7.79. The van der Waals surface area contributed by atoms with Crippen LogP contribution in [0.3, 0.4) is 0 Å². The minimum absolute atomic E-state index is 0.184. The van der Waals surface area contributed by atoms with E-state index in [1.165, 1.54) is 12.5 Å². The molecule has 34 heavy (non-hydrogen) atoms. The first-order valence-corrected chi connectivity index (χ1v) is 12.3. The van der Waals surface area contributed by atoms with Crippen molar-refractivity contribution < 1.29 is 23.9 Å². The number of benzene rings is 2. The summed E-state index contributed by atoms with van der Waals surface area (Å²) in [5.41, 5.74) is 4.04. The van der Waals surface area contributed by atoms with Crippen molar-refractivity contribution in [2.75, 3.05) is 12.4 Å². The van der Waals surface area contributed by atoms with Gasteiger partial charge in [0, 0.05) is 41.6 Å². The summed E-state index contributed by atoms with van der Waals surface area (Å²) >= 11 is -2.43. The largest absolute Gasteiger partial charge is 0.772 e. The number of aliphatic hydroxyl groups is 1. The Labute approximate surface area is 200 Å². The predicted molar refractivity (Wildman–Crippen MR) is 127 cm³/mol. The summed E-state index contributed by atoms with van der Waals surface area (Å²) in [6.45, 7) is 2.04. The lowest BCUT2D eigenvalue weighted by Gasteiger charge is -2.27. The van der Waals surface area contributed by atoms with Crippen molar-refractivity contribution >= 4 is 27.9 Å². The Hall–Kier alpha value is -3.03. The third kappa shape index (κ3) is 5.54. The van der Waals surface area contributed by atoms with Crippen LogP contribution in [0.15, 0.2) is 48.7 Å². The Morgan fingerprint density at radius 3 is 2.62 bits per heavy atom. The van der Waals surface area contributed by atoms with Crippen LogP contribution in [0.5, 0.6) is 0 Å². The van der Waals surface area contributed by atoms with Gasteiger partial charge in [-0.1, -0.05) is 35.1 Å². The Kier molecular flexibility index (Phi) is 7.14. The van der Waals surface area contributed by atoms with Gasteiger partial charge in [-0.15, -0.1) is 0 Å². The summed E-state index contributed by atoms with van der Waals surface area (Å²) in [6.07, 6.45) is 3.05. The van der Waals surface area contributed by atoms with E-state index < -0.39 is 28.2 Å². The van der Waals surface area contributed by atoms with Crippen molar-refractivity contribution in [1.82, 2.24) is 15.3 Å². The van der Waals surface area contributed by atoms with E-state index in [9.17, 15) is 18.7 Å². The Balaban J connectivity index is 1.44. The predicted octanol–water partition coefficient (Wildman–Crippen LogP) is 2.31. The average molecular weight is 481 g/mol. The first kappa shape index (κ1) is 24.1. The molecule has 1 amide bonds. The van der Waals surface area contributed by atoms with Gasteiger partial charge >= 0.3 is 0 Å². The Bertz CT molecular complexity index is 1280. The lowest BCUT2D eigenvalue weighted by Crippen LogP contribution is -2.42. The molecule has 1 aliphatic carbocycles. The van der Waals surface area contributed by atoms with Crippen LogP contribution in [-0.2, 0) is 22.4 Å². The van der Waals surface area contributed by atoms with E-state index in [-0.39, 0.29) is 13.0 Å². The molecule has 3 N–H and O–H groups in total. The smallest absolute Gasteiger partial charge is 0.250 e. The Morgan fingerprint density at radius 1 is 1.26 bits per heavy atom. The van der Waals surface area contributed by atoms with E-state index in [1.54, 1.807) is 10.2 Å². The first-order valence-electron chi connectivity index (χ1n) is 11.0. The number of hydrogen-bond donors (Lipinski definition) is 3. The third-order valence-corrected chi connectivity index (χ3v) is 7.25. The van der Waals surface area contributed by atoms with Crippen LogP contribution in [0.1, 0.15) is 42.4 Å². The fraction of sp³-hybridized carbons (Fsp3) is 0.360. The summed E-state index contributed by atoms with van der Waals surface area (Å²) in [7, 11) is 0. The molecule has 8 nitrogen and oxygen atoms in total. The van der Waals surface area contributed by atoms with E-state index in [0.29, 0.717) is 18.4 Å². The van der Waals surface area contributed by atoms with Gasteiger partial charge in [0.15, 0.2) is 0 Å². The standard InChI is InChI=1S/C25H27N3O5S/c1-25(16-34(32)33,24(30)27-31)10-11-28-14-20-12-18(6-9-23(20)26-28)3-2-17-4-7-19(8-5-17)22-13-21(22)15-29/h4-9,12,14,21-22,29,31H,10-11,13,15-16H2,1H3,(H,27,30)(H,32,33)/p-1/t21-,22-,25+/m1/s1. The second-order valence-corrected chi connectivity index (χ2v) is 9.92. The number of amides is 1. The molecule has 0 aliphatic heterocycles. The topological polar surface area (TPSA) is 128 Å². The maximum Gasteiger partial charge on any atom is 0.250 e. The van der Waals surface area contributed by atoms with Gasteiger partial charge in [0.1, 0.15) is 0 Å². The lowest BCUT2D eigenvalue weighted by atomic mass is 9.88. The van der Waals surface area contributed by atoms with Crippen LogP contribution in [0.2, 0.25) is 0 Å². The zero-order chi connectivity index (χ0) is 24.3. The molecule has 4 rings (SSSR count). The number of hydroxylamine groups is 1. The molecule has 1 aliphatic rings. The highest BCUT2D eigenvalue weighted by Crippen LogP contribution is 2.46. The number of nitrogens with zero attached hydrogens (tertiary/aromatic N) is 2. The fourth-order valence-corrected chi connectivity index (χ4v) is 4.89. The van der Waals surface area contributed by atoms with E-state index in [4.69, 9.17) is 5.21 Å². The van der Waals surface area contributed by atoms with Crippen molar-refractivity contribution in [3.8, 4) is 11.8 Å². The highest BCUT2D eigenvalue weighted by Gasteiger charge is 2.37. The zero-order valence-electron chi connectivity index (χ0n) is 18.7. The fourth-order valence-electron chi connectivity index (χ4n) is 4.09. The number of aryl methyl sites for hydroxylation is 1. The van der Waals surface area contributed by atoms with Gasteiger partial charge in [-0.2, -0.15) is 5.10 Å². The van der Waals surface area contributed by atoms with Crippen LogP contribution >= 0.6 is 0 Å². The summed E-state index contributed by atoms with van der Waals surface area (Å²) in [5, 5.41) is 23.6. The van der Waals surface area contributed by atoms with Crippen molar-refractivity contribution in [2.24, 2.45) is 11.3 Å². The maximum absolute atomic E-state index is 12.0. The number of fused-ring (bicyclic) bond motifs is 1. The SMILES string of the molecule is C[C@](CCn1cc2cc(C#Cc3ccc([C@H]4C[C@@H]4CO)cc3)ccc2n1)(CS(=O)[O-])C(=O)NO. The van der Waals surface area contributed by atoms with Crippen molar-refractivity contribution in [2.45, 2.75) is 32.2 Å². The minimum atomic E-state index is -2.43. The molecular weight excluding hydrogens is 454 g/mol. The quantitative estimate of drug-likeness (QED) is 0.197. The molecule has 1 unspecified atom stereocenters. The highest BCUT2D eigenvalue weighted by atomic mass is 32.2. The van der Waals surface area contributed by atoms with E-state index in [1.807, 2.05) is 36.5 Å². The second-order valence-electron chi connectivity index (χ2n) is 9.02. The minimum Gasteiger partial charge on any atom is -0.772 e. The molecule has 1 fully saturated rings. The van der Waals surface area contributed by atoms with Crippen LogP contribution in [0.4, 0.5) is 0 Å². The number of carbonyl (C=O) groups is 1. The molecule has 0 bridgehead atoms. The number of rotatable bonds is 8. The van der Waals surface area contributed by atoms with Crippen molar-refractivity contribution in [3.63, 3.8) is 0 Å². The van der Waals surface area contributed by atoms with E-state index in [2.05, 4.69) is 29.1 Å². The van der Waals surface area contributed by atoms with Gasteiger partial charge in [0.25, 0.3) is 0 Å². The summed E-state index contributed by atoms with van der Waals surface area (Å²) in [6, 6.07) is 13.8. The maximum atomic E-state index is 12.0. The molecule has 9 heteroatoms. The molecule has 0 spiro atoms. The Morgan fingerprint density at radius 2 is 1.97 bits per heavy atom. The van der Waals surface area contributed by atoms with Crippen LogP contribution < -0.4 is 5.48 Å². The van der Waals surface area contributed by atoms with E-state index >= 15 is 0 Å². The molecule has 3 aromatic rings. The third-order valence-electron chi connectivity index (χ3n) is 6.38. The summed E-state index contributed by atoms with van der Waals surface area (Å²) in [5.74, 6) is 6.05. The normalized spacial score (nSPS) is 19.6. The van der Waals surface area contributed by atoms with Crippen LogP contribution in [-0.4, -0.2) is 47.1 Å². The van der Waals surface area contributed by atoms with Gasteiger partial charge < -0.3 is 9.66 Å². The summed E-state index contributed by atoms with van der Waals surface area (Å²) < 4.78 is 24.0. The lowest BCUT2D eigenvalue weighted by molar-refractivity contribution is -0.138. The first-order chi connectivity index (χ1) is 16.3. The van der Waals surface area contributed by atoms with Gasteiger partial charge in [0.2, 0.25) is 5.91 Å². The second kappa shape index (κ2) is 10.1.